The Morgan fingerprint density at radius 1 is 0.971 bits per heavy atom. The highest BCUT2D eigenvalue weighted by atomic mass is 32.1. The number of hydroxylamine groups is 1. The van der Waals surface area contributed by atoms with Gasteiger partial charge in [0.25, 0.3) is 5.91 Å². The number of carbonyl (C=O) groups excluding carboxylic acids is 3. The van der Waals surface area contributed by atoms with E-state index in [9.17, 15) is 14.4 Å². The van der Waals surface area contributed by atoms with Gasteiger partial charge in [0.2, 0.25) is 5.91 Å². The van der Waals surface area contributed by atoms with E-state index in [1.807, 2.05) is 60.7 Å². The van der Waals surface area contributed by atoms with Gasteiger partial charge < -0.3 is 4.74 Å². The Morgan fingerprint density at radius 2 is 1.66 bits per heavy atom. The van der Waals surface area contributed by atoms with Gasteiger partial charge in [-0.15, -0.1) is 11.3 Å². The zero-order chi connectivity index (χ0) is 24.1. The van der Waals surface area contributed by atoms with E-state index < -0.39 is 29.9 Å². The maximum absolute atomic E-state index is 14.0. The molecule has 1 aromatic heterocycles. The molecule has 0 N–H and O–H groups in total. The average molecular weight is 489 g/mol. The summed E-state index contributed by atoms with van der Waals surface area (Å²) in [5.41, 5.74) is 2.91. The van der Waals surface area contributed by atoms with Crippen molar-refractivity contribution in [3.63, 3.8) is 0 Å². The third-order valence-electron chi connectivity index (χ3n) is 7.01. The van der Waals surface area contributed by atoms with Crippen molar-refractivity contribution < 1.29 is 24.0 Å². The standard InChI is InChI=1S/C27H24N2O5S/c1-33-27(32)20-18-14-8-9-15-19(18)35-26(20)28-24(30)21-22(16-10-4-2-5-11-16)29(34-23(21)25(28)31)17-12-6-3-7-13-17/h2-7,10-13,21-23H,8-9,14-15H2,1H3/t21-,22+,23+/m1/s1. The van der Waals surface area contributed by atoms with Crippen LogP contribution in [0.15, 0.2) is 60.7 Å². The number of fused-ring (bicyclic) bond motifs is 2. The molecule has 35 heavy (non-hydrogen) atoms. The molecule has 0 radical (unpaired) electrons. The van der Waals surface area contributed by atoms with Crippen molar-refractivity contribution >= 4 is 39.8 Å². The molecule has 3 aliphatic rings. The van der Waals surface area contributed by atoms with E-state index in [4.69, 9.17) is 9.57 Å². The van der Waals surface area contributed by atoms with Gasteiger partial charge in [0, 0.05) is 4.88 Å². The monoisotopic (exact) mass is 488 g/mol. The third kappa shape index (κ3) is 3.39. The Kier molecular flexibility index (Phi) is 5.42. The van der Waals surface area contributed by atoms with Gasteiger partial charge in [-0.1, -0.05) is 48.5 Å². The van der Waals surface area contributed by atoms with Crippen LogP contribution in [0.3, 0.4) is 0 Å². The molecule has 0 spiro atoms. The Balaban J connectivity index is 1.45. The average Bonchev–Trinajstić information content (AvgIpc) is 3.55. The van der Waals surface area contributed by atoms with Gasteiger partial charge in [0.1, 0.15) is 10.9 Å². The molecular weight excluding hydrogens is 464 g/mol. The minimum Gasteiger partial charge on any atom is -0.465 e. The minimum absolute atomic E-state index is 0.351. The lowest BCUT2D eigenvalue weighted by atomic mass is 9.90. The molecule has 0 unspecified atom stereocenters. The number of anilines is 2. The molecule has 178 valence electrons. The normalized spacial score (nSPS) is 23.4. The molecule has 7 nitrogen and oxygen atoms in total. The second-order valence-corrected chi connectivity index (χ2v) is 10.0. The highest BCUT2D eigenvalue weighted by Crippen LogP contribution is 2.50. The van der Waals surface area contributed by atoms with Crippen molar-refractivity contribution in [3.05, 3.63) is 82.2 Å². The predicted molar refractivity (Wildman–Crippen MR) is 131 cm³/mol. The predicted octanol–water partition coefficient (Wildman–Crippen LogP) is 4.46. The van der Waals surface area contributed by atoms with Crippen molar-refractivity contribution in [2.75, 3.05) is 17.1 Å². The number of rotatable bonds is 4. The Bertz CT molecular complexity index is 1310. The van der Waals surface area contributed by atoms with E-state index in [0.717, 1.165) is 47.4 Å². The number of imide groups is 1. The molecule has 0 bridgehead atoms. The van der Waals surface area contributed by atoms with Crippen LogP contribution in [0.2, 0.25) is 0 Å². The van der Waals surface area contributed by atoms with E-state index in [1.165, 1.54) is 23.3 Å². The number of hydrogen-bond acceptors (Lipinski definition) is 7. The number of amides is 2. The molecule has 2 aliphatic heterocycles. The summed E-state index contributed by atoms with van der Waals surface area (Å²) in [6.45, 7) is 0. The van der Waals surface area contributed by atoms with Crippen molar-refractivity contribution in [1.29, 1.82) is 0 Å². The minimum atomic E-state index is -0.975. The number of carbonyl (C=O) groups is 3. The number of methoxy groups -OCH3 is 1. The van der Waals surface area contributed by atoms with Crippen LogP contribution in [0.4, 0.5) is 10.7 Å². The van der Waals surface area contributed by atoms with Gasteiger partial charge in [-0.3, -0.25) is 14.4 Å². The molecule has 2 saturated heterocycles. The second kappa shape index (κ2) is 8.62. The maximum Gasteiger partial charge on any atom is 0.341 e. The number of nitrogens with zero attached hydrogens (tertiary/aromatic N) is 2. The van der Waals surface area contributed by atoms with Crippen LogP contribution in [-0.2, 0) is 32.0 Å². The summed E-state index contributed by atoms with van der Waals surface area (Å²) in [5.74, 6) is -2.04. The van der Waals surface area contributed by atoms with Crippen LogP contribution in [-0.4, -0.2) is 31.0 Å². The maximum atomic E-state index is 14.0. The van der Waals surface area contributed by atoms with Crippen LogP contribution in [0, 0.1) is 5.92 Å². The molecule has 2 amide bonds. The number of benzene rings is 2. The summed E-state index contributed by atoms with van der Waals surface area (Å²) in [5, 5.41) is 2.05. The van der Waals surface area contributed by atoms with Gasteiger partial charge >= 0.3 is 5.97 Å². The first-order valence-corrected chi connectivity index (χ1v) is 12.6. The zero-order valence-corrected chi connectivity index (χ0v) is 20.0. The fourth-order valence-corrected chi connectivity index (χ4v) is 6.81. The fourth-order valence-electron chi connectivity index (χ4n) is 5.42. The van der Waals surface area contributed by atoms with E-state index in [-0.39, 0.29) is 5.91 Å². The van der Waals surface area contributed by atoms with Crippen LogP contribution in [0.5, 0.6) is 0 Å². The van der Waals surface area contributed by atoms with E-state index in [2.05, 4.69) is 0 Å². The smallest absolute Gasteiger partial charge is 0.341 e. The van der Waals surface area contributed by atoms with Crippen molar-refractivity contribution in [3.8, 4) is 0 Å². The van der Waals surface area contributed by atoms with E-state index in [0.29, 0.717) is 10.6 Å². The van der Waals surface area contributed by atoms with Crippen molar-refractivity contribution in [1.82, 2.24) is 0 Å². The third-order valence-corrected chi connectivity index (χ3v) is 8.29. The molecule has 3 aromatic rings. The second-order valence-electron chi connectivity index (χ2n) is 8.96. The molecule has 2 aromatic carbocycles. The summed E-state index contributed by atoms with van der Waals surface area (Å²) >= 11 is 1.36. The van der Waals surface area contributed by atoms with E-state index >= 15 is 0 Å². The largest absolute Gasteiger partial charge is 0.465 e. The molecule has 3 heterocycles. The number of ether oxygens (including phenoxy) is 1. The van der Waals surface area contributed by atoms with Crippen LogP contribution in [0.1, 0.15) is 45.2 Å². The fraction of sp³-hybridized carbons (Fsp3) is 0.296. The number of hydrogen-bond donors (Lipinski definition) is 0. The van der Waals surface area contributed by atoms with E-state index in [1.54, 1.807) is 5.06 Å². The summed E-state index contributed by atoms with van der Waals surface area (Å²) in [6, 6.07) is 18.6. The first kappa shape index (κ1) is 22.0. The lowest BCUT2D eigenvalue weighted by Gasteiger charge is -2.28. The molecular formula is C27H24N2O5S. The van der Waals surface area contributed by atoms with Gasteiger partial charge in [-0.05, 0) is 48.9 Å². The molecule has 0 saturated carbocycles. The van der Waals surface area contributed by atoms with Gasteiger partial charge in [0.05, 0.1) is 24.4 Å². The van der Waals surface area contributed by atoms with Gasteiger partial charge in [-0.2, -0.15) is 0 Å². The summed E-state index contributed by atoms with van der Waals surface area (Å²) in [6.07, 6.45) is 2.58. The lowest BCUT2D eigenvalue weighted by Crippen LogP contribution is -2.37. The number of esters is 1. The van der Waals surface area contributed by atoms with Crippen LogP contribution >= 0.6 is 11.3 Å². The summed E-state index contributed by atoms with van der Waals surface area (Å²) in [4.78, 5) is 49.0. The van der Waals surface area contributed by atoms with Crippen molar-refractivity contribution in [2.45, 2.75) is 37.8 Å². The topological polar surface area (TPSA) is 76.2 Å². The highest BCUT2D eigenvalue weighted by Gasteiger charge is 2.61. The first-order chi connectivity index (χ1) is 17.1. The highest BCUT2D eigenvalue weighted by molar-refractivity contribution is 7.17. The summed E-state index contributed by atoms with van der Waals surface area (Å²) < 4.78 is 5.07. The molecule has 1 aliphatic carbocycles. The number of para-hydroxylation sites is 1. The zero-order valence-electron chi connectivity index (χ0n) is 19.2. The Hall–Kier alpha value is -3.49. The summed E-state index contributed by atoms with van der Waals surface area (Å²) in [7, 11) is 1.33. The molecule has 8 heteroatoms. The van der Waals surface area contributed by atoms with Crippen LogP contribution < -0.4 is 9.96 Å². The number of aryl methyl sites for hydroxylation is 1. The Labute approximate surface area is 206 Å². The van der Waals surface area contributed by atoms with Gasteiger partial charge in [0.15, 0.2) is 6.10 Å². The Morgan fingerprint density at radius 3 is 2.37 bits per heavy atom. The number of thiophene rings is 1. The quantitative estimate of drug-likeness (QED) is 0.399. The molecule has 6 rings (SSSR count). The van der Waals surface area contributed by atoms with Crippen LogP contribution in [0.25, 0.3) is 0 Å². The van der Waals surface area contributed by atoms with Gasteiger partial charge in [-0.25, -0.2) is 14.8 Å². The lowest BCUT2D eigenvalue weighted by molar-refractivity contribution is -0.126. The molecule has 3 atom stereocenters. The molecule has 2 fully saturated rings. The first-order valence-electron chi connectivity index (χ1n) is 11.8. The SMILES string of the molecule is COC(=O)c1c(N2C(=O)[C@H]3[C@H](ON(c4ccccc4)[C@H]3c3ccccc3)C2=O)sc2c1CCCC2. The van der Waals surface area contributed by atoms with Crippen molar-refractivity contribution in [2.24, 2.45) is 5.92 Å².